The van der Waals surface area contributed by atoms with Crippen molar-refractivity contribution in [3.8, 4) is 11.4 Å². The Balaban J connectivity index is 2.00. The lowest BCUT2D eigenvalue weighted by Gasteiger charge is -2.37. The molecule has 0 spiro atoms. The van der Waals surface area contributed by atoms with Crippen LogP contribution in [0.25, 0.3) is 11.4 Å². The van der Waals surface area contributed by atoms with E-state index in [9.17, 15) is 4.79 Å². The molecule has 28 heavy (non-hydrogen) atoms. The molecule has 0 amide bonds. The normalized spacial score (nSPS) is 21.4. The van der Waals surface area contributed by atoms with Crippen LogP contribution in [0.15, 0.2) is 36.5 Å². The van der Waals surface area contributed by atoms with Gasteiger partial charge in [0.2, 0.25) is 6.29 Å². The lowest BCUT2D eigenvalue weighted by atomic mass is 10.0. The maximum Gasteiger partial charge on any atom is 0.302 e. The number of hydrogen-bond acceptors (Lipinski definition) is 7. The number of fused-ring (bicyclic) bond motifs is 1. The van der Waals surface area contributed by atoms with Crippen LogP contribution in [0, 0.1) is 0 Å². The quantitative estimate of drug-likeness (QED) is 0.639. The molecular formula is C21H26N2O4S. The molecule has 0 unspecified atom stereocenters. The second kappa shape index (κ2) is 9.49. The van der Waals surface area contributed by atoms with Crippen LogP contribution < -0.4 is 0 Å². The maximum absolute atomic E-state index is 11.3. The van der Waals surface area contributed by atoms with E-state index >= 15 is 0 Å². The highest BCUT2D eigenvalue weighted by atomic mass is 32.2. The minimum atomic E-state index is -0.630. The van der Waals surface area contributed by atoms with E-state index in [1.54, 1.807) is 11.8 Å². The Morgan fingerprint density at radius 3 is 2.68 bits per heavy atom. The minimum absolute atomic E-state index is 0.0313. The predicted octanol–water partition coefficient (Wildman–Crippen LogP) is 4.32. The van der Waals surface area contributed by atoms with E-state index in [2.05, 4.69) is 11.9 Å². The van der Waals surface area contributed by atoms with Crippen LogP contribution in [0.2, 0.25) is 0 Å². The fraction of sp³-hybridized carbons (Fsp3) is 0.476. The molecule has 0 N–H and O–H groups in total. The third-order valence-electron chi connectivity index (χ3n) is 4.24. The van der Waals surface area contributed by atoms with Crippen molar-refractivity contribution < 1.29 is 19.0 Å². The Morgan fingerprint density at radius 1 is 1.29 bits per heavy atom. The first-order valence-electron chi connectivity index (χ1n) is 9.47. The predicted molar refractivity (Wildman–Crippen MR) is 109 cm³/mol. The van der Waals surface area contributed by atoms with E-state index in [0.29, 0.717) is 5.82 Å². The van der Waals surface area contributed by atoms with Gasteiger partial charge in [0.05, 0.1) is 11.4 Å². The Kier molecular flexibility index (Phi) is 7.04. The average Bonchev–Trinajstić information content (AvgIpc) is 2.68. The Labute approximate surface area is 170 Å². The molecule has 0 saturated carbocycles. The van der Waals surface area contributed by atoms with Crippen molar-refractivity contribution in [1.82, 2.24) is 9.97 Å². The number of aromatic nitrogens is 2. The highest BCUT2D eigenvalue weighted by Gasteiger charge is 2.39. The van der Waals surface area contributed by atoms with Gasteiger partial charge in [-0.3, -0.25) is 4.79 Å². The number of carbonyl (C=O) groups excluding carboxylic acids is 1. The highest BCUT2D eigenvalue weighted by molar-refractivity contribution is 7.99. The summed E-state index contributed by atoms with van der Waals surface area (Å²) in [4.78, 5) is 20.7. The molecule has 6 nitrogen and oxygen atoms in total. The molecule has 1 aliphatic heterocycles. The zero-order valence-corrected chi connectivity index (χ0v) is 17.4. The number of nitrogens with zero attached hydrogens (tertiary/aromatic N) is 2. The lowest BCUT2D eigenvalue weighted by molar-refractivity contribution is -0.212. The van der Waals surface area contributed by atoms with Crippen LogP contribution in [0.4, 0.5) is 0 Å². The summed E-state index contributed by atoms with van der Waals surface area (Å²) in [7, 11) is 0. The molecule has 2 aromatic rings. The van der Waals surface area contributed by atoms with Gasteiger partial charge >= 0.3 is 5.97 Å². The Hall–Kier alpha value is -1.96. The van der Waals surface area contributed by atoms with E-state index in [0.717, 1.165) is 22.6 Å². The molecule has 1 aromatic heterocycles. The molecule has 0 saturated heterocycles. The minimum Gasteiger partial charge on any atom is -0.463 e. The van der Waals surface area contributed by atoms with Crippen LogP contribution in [0.3, 0.4) is 0 Å². The molecule has 2 heterocycles. The zero-order chi connectivity index (χ0) is 20.1. The fourth-order valence-electron chi connectivity index (χ4n) is 3.08. The van der Waals surface area contributed by atoms with Gasteiger partial charge in [0.15, 0.2) is 5.82 Å². The van der Waals surface area contributed by atoms with Gasteiger partial charge in [-0.25, -0.2) is 9.97 Å². The monoisotopic (exact) mass is 402 g/mol. The second-order valence-electron chi connectivity index (χ2n) is 6.77. The molecule has 0 fully saturated rings. The Bertz CT molecular complexity index is 800. The first-order valence-corrected chi connectivity index (χ1v) is 10.5. The number of benzene rings is 1. The largest absolute Gasteiger partial charge is 0.463 e. The summed E-state index contributed by atoms with van der Waals surface area (Å²) < 4.78 is 17.5. The van der Waals surface area contributed by atoms with Crippen molar-refractivity contribution in [3.63, 3.8) is 0 Å². The van der Waals surface area contributed by atoms with Crippen LogP contribution >= 0.6 is 11.8 Å². The highest BCUT2D eigenvalue weighted by Crippen LogP contribution is 2.44. The van der Waals surface area contributed by atoms with E-state index in [1.165, 1.54) is 6.92 Å². The molecule has 7 heteroatoms. The van der Waals surface area contributed by atoms with E-state index in [1.807, 2.05) is 50.4 Å². The molecule has 1 aromatic carbocycles. The summed E-state index contributed by atoms with van der Waals surface area (Å²) in [6.07, 6.45) is 0.863. The van der Waals surface area contributed by atoms with Crippen molar-refractivity contribution in [2.24, 2.45) is 0 Å². The number of esters is 1. The molecule has 0 aliphatic carbocycles. The van der Waals surface area contributed by atoms with Crippen LogP contribution in [0.1, 0.15) is 50.5 Å². The number of thioether (sulfide) groups is 1. The zero-order valence-electron chi connectivity index (χ0n) is 16.6. The SMILES string of the molecule is CCS[C@@H]1c2cnc(-c3ccccc3)nc2[C@@H](OC(C)C)O[C@@H]1COC(C)=O. The number of ether oxygens (including phenoxy) is 3. The van der Waals surface area contributed by atoms with Gasteiger partial charge in [-0.2, -0.15) is 11.8 Å². The number of rotatable bonds is 7. The van der Waals surface area contributed by atoms with Gasteiger partial charge in [-0.05, 0) is 19.6 Å². The maximum atomic E-state index is 11.3. The third-order valence-corrected chi connectivity index (χ3v) is 5.49. The molecule has 0 bridgehead atoms. The topological polar surface area (TPSA) is 70.5 Å². The van der Waals surface area contributed by atoms with Gasteiger partial charge < -0.3 is 14.2 Å². The molecular weight excluding hydrogens is 376 g/mol. The number of carbonyl (C=O) groups is 1. The smallest absolute Gasteiger partial charge is 0.302 e. The van der Waals surface area contributed by atoms with Crippen molar-refractivity contribution >= 4 is 17.7 Å². The summed E-state index contributed by atoms with van der Waals surface area (Å²) in [5.74, 6) is 1.20. The first kappa shape index (κ1) is 20.8. The lowest BCUT2D eigenvalue weighted by Crippen LogP contribution is -2.36. The standard InChI is InChI=1S/C21H26N2O4S/c1-5-28-19-16-11-22-20(15-9-7-6-8-10-15)23-18(16)21(26-13(2)3)27-17(19)12-25-14(4)24/h6-11,13,17,19,21H,5,12H2,1-4H3/t17-,19-,21+/m1/s1. The van der Waals surface area contributed by atoms with Crippen LogP contribution in [0.5, 0.6) is 0 Å². The van der Waals surface area contributed by atoms with Crippen LogP contribution in [-0.4, -0.2) is 40.5 Å². The number of hydrogen-bond donors (Lipinski definition) is 0. The van der Waals surface area contributed by atoms with Crippen molar-refractivity contribution in [1.29, 1.82) is 0 Å². The van der Waals surface area contributed by atoms with E-state index in [4.69, 9.17) is 19.2 Å². The average molecular weight is 403 g/mol. The van der Waals surface area contributed by atoms with E-state index < -0.39 is 6.29 Å². The van der Waals surface area contributed by atoms with Crippen molar-refractivity contribution in [3.05, 3.63) is 47.8 Å². The first-order chi connectivity index (χ1) is 13.5. The van der Waals surface area contributed by atoms with Crippen molar-refractivity contribution in [2.75, 3.05) is 12.4 Å². The summed E-state index contributed by atoms with van der Waals surface area (Å²) >= 11 is 1.73. The molecule has 1 aliphatic rings. The molecule has 0 radical (unpaired) electrons. The molecule has 3 atom stereocenters. The summed E-state index contributed by atoms with van der Waals surface area (Å²) in [5, 5.41) is -0.0313. The summed E-state index contributed by atoms with van der Waals surface area (Å²) in [6, 6.07) is 9.84. The van der Waals surface area contributed by atoms with Gasteiger partial charge in [0.1, 0.15) is 18.4 Å². The Morgan fingerprint density at radius 2 is 2.04 bits per heavy atom. The molecule has 150 valence electrons. The summed E-state index contributed by atoms with van der Waals surface area (Å²) in [6.45, 7) is 7.57. The van der Waals surface area contributed by atoms with Gasteiger partial charge in [-0.1, -0.05) is 37.3 Å². The second-order valence-corrected chi connectivity index (χ2v) is 8.19. The molecule has 3 rings (SSSR count). The fourth-order valence-corrected chi connectivity index (χ4v) is 4.16. The van der Waals surface area contributed by atoms with Gasteiger partial charge in [0, 0.05) is 24.2 Å². The van der Waals surface area contributed by atoms with Crippen molar-refractivity contribution in [2.45, 2.75) is 51.4 Å². The van der Waals surface area contributed by atoms with Gasteiger partial charge in [0.25, 0.3) is 0 Å². The van der Waals surface area contributed by atoms with Crippen LogP contribution in [-0.2, 0) is 19.0 Å². The third kappa shape index (κ3) is 4.90. The summed E-state index contributed by atoms with van der Waals surface area (Å²) in [5.41, 5.74) is 2.66. The van der Waals surface area contributed by atoms with Gasteiger partial charge in [-0.15, -0.1) is 0 Å². The van der Waals surface area contributed by atoms with E-state index in [-0.39, 0.29) is 30.0 Å².